The molecule has 1 saturated heterocycles. The molecule has 0 bridgehead atoms. The van der Waals surface area contributed by atoms with Crippen molar-refractivity contribution < 1.29 is 17.9 Å². The number of ether oxygens (including phenoxy) is 1. The lowest BCUT2D eigenvalue weighted by Gasteiger charge is -2.28. The molecule has 1 fully saturated rings. The number of carbonyl (C=O) groups is 1. The van der Waals surface area contributed by atoms with Crippen LogP contribution in [0.1, 0.15) is 6.42 Å². The van der Waals surface area contributed by atoms with Crippen molar-refractivity contribution in [2.24, 2.45) is 0 Å². The third kappa shape index (κ3) is 4.52. The molecule has 0 N–H and O–H groups in total. The maximum absolute atomic E-state index is 12.8. The lowest BCUT2D eigenvalue weighted by Crippen LogP contribution is -2.43. The number of anilines is 1. The van der Waals surface area contributed by atoms with Crippen LogP contribution in [0, 0.1) is 0 Å². The Kier molecular flexibility index (Phi) is 5.30. The number of rotatable bonds is 5. The predicted molar refractivity (Wildman–Crippen MR) is 97.9 cm³/mol. The highest BCUT2D eigenvalue weighted by atomic mass is 35.5. The summed E-state index contributed by atoms with van der Waals surface area (Å²) in [6.45, 7) is -0.174. The van der Waals surface area contributed by atoms with Crippen LogP contribution in [0.5, 0.6) is 5.75 Å². The van der Waals surface area contributed by atoms with Gasteiger partial charge in [-0.1, -0.05) is 29.8 Å². The van der Waals surface area contributed by atoms with Crippen molar-refractivity contribution >= 4 is 33.0 Å². The predicted octanol–water partition coefficient (Wildman–Crippen LogP) is 2.94. The summed E-state index contributed by atoms with van der Waals surface area (Å²) in [4.78, 5) is 14.3. The number of amides is 1. The van der Waals surface area contributed by atoms with E-state index in [2.05, 4.69) is 0 Å². The molecule has 1 aliphatic heterocycles. The molecule has 132 valence electrons. The summed E-state index contributed by atoms with van der Waals surface area (Å²) in [5.74, 6) is 0.342. The van der Waals surface area contributed by atoms with E-state index < -0.39 is 9.84 Å². The average molecular weight is 380 g/mol. The molecule has 1 heterocycles. The van der Waals surface area contributed by atoms with Gasteiger partial charge in [0, 0.05) is 10.7 Å². The van der Waals surface area contributed by atoms with E-state index in [4.69, 9.17) is 16.3 Å². The number of hydrogen-bond acceptors (Lipinski definition) is 4. The van der Waals surface area contributed by atoms with Gasteiger partial charge in [-0.15, -0.1) is 0 Å². The summed E-state index contributed by atoms with van der Waals surface area (Å²) in [5, 5.41) is 0.584. The molecule has 0 aliphatic carbocycles. The zero-order chi connectivity index (χ0) is 17.9. The Hall–Kier alpha value is -2.05. The molecule has 0 spiro atoms. The van der Waals surface area contributed by atoms with E-state index in [0.29, 0.717) is 22.9 Å². The Balaban J connectivity index is 1.76. The van der Waals surface area contributed by atoms with E-state index in [9.17, 15) is 13.2 Å². The molecular formula is C18H18ClNO4S. The number of carbonyl (C=O) groups excluding carboxylic acids is 1. The largest absolute Gasteiger partial charge is 0.484 e. The summed E-state index contributed by atoms with van der Waals surface area (Å²) in [6, 6.07) is 15.4. The van der Waals surface area contributed by atoms with E-state index in [1.54, 1.807) is 41.3 Å². The first-order valence-electron chi connectivity index (χ1n) is 7.90. The number of benzene rings is 2. The quantitative estimate of drug-likeness (QED) is 0.801. The van der Waals surface area contributed by atoms with Gasteiger partial charge >= 0.3 is 0 Å². The molecule has 2 aromatic carbocycles. The number of sulfone groups is 1. The van der Waals surface area contributed by atoms with Gasteiger partial charge in [-0.25, -0.2) is 8.42 Å². The first-order valence-corrected chi connectivity index (χ1v) is 10.1. The highest BCUT2D eigenvalue weighted by molar-refractivity contribution is 7.91. The van der Waals surface area contributed by atoms with Gasteiger partial charge in [0.25, 0.3) is 5.91 Å². The molecule has 1 atom stereocenters. The summed E-state index contributed by atoms with van der Waals surface area (Å²) in [7, 11) is -3.10. The fourth-order valence-corrected chi connectivity index (χ4v) is 4.70. The monoisotopic (exact) mass is 379 g/mol. The molecule has 0 radical (unpaired) electrons. The van der Waals surface area contributed by atoms with Gasteiger partial charge in [0.15, 0.2) is 16.4 Å². The fraction of sp³-hybridized carbons (Fsp3) is 0.278. The smallest absolute Gasteiger partial charge is 0.265 e. The third-order valence-corrected chi connectivity index (χ3v) is 6.05. The van der Waals surface area contributed by atoms with Gasteiger partial charge < -0.3 is 9.64 Å². The van der Waals surface area contributed by atoms with Crippen molar-refractivity contribution in [2.45, 2.75) is 12.5 Å². The van der Waals surface area contributed by atoms with Crippen LogP contribution in [-0.4, -0.2) is 38.5 Å². The van der Waals surface area contributed by atoms with E-state index in [1.807, 2.05) is 18.2 Å². The Morgan fingerprint density at radius 3 is 2.40 bits per heavy atom. The molecule has 0 saturated carbocycles. The molecule has 2 aromatic rings. The molecule has 1 amide bonds. The topological polar surface area (TPSA) is 63.7 Å². The number of halogens is 1. The van der Waals surface area contributed by atoms with E-state index in [-0.39, 0.29) is 30.1 Å². The van der Waals surface area contributed by atoms with Crippen LogP contribution in [0.3, 0.4) is 0 Å². The highest BCUT2D eigenvalue weighted by Crippen LogP contribution is 2.25. The van der Waals surface area contributed by atoms with Gasteiger partial charge in [0.1, 0.15) is 5.75 Å². The Labute approximate surface area is 152 Å². The van der Waals surface area contributed by atoms with Gasteiger partial charge in [-0.05, 0) is 42.8 Å². The van der Waals surface area contributed by atoms with Gasteiger partial charge in [-0.3, -0.25) is 4.79 Å². The van der Waals surface area contributed by atoms with Gasteiger partial charge in [0.2, 0.25) is 0 Å². The Bertz CT molecular complexity index is 837. The minimum atomic E-state index is -3.10. The van der Waals surface area contributed by atoms with Crippen LogP contribution in [0.15, 0.2) is 54.6 Å². The molecule has 5 nitrogen and oxygen atoms in total. The Morgan fingerprint density at radius 1 is 1.12 bits per heavy atom. The van der Waals surface area contributed by atoms with Crippen LogP contribution in [-0.2, 0) is 14.6 Å². The number of para-hydroxylation sites is 1. The van der Waals surface area contributed by atoms with Gasteiger partial charge in [0.05, 0.1) is 17.5 Å². The minimum Gasteiger partial charge on any atom is -0.484 e. The Morgan fingerprint density at radius 2 is 1.80 bits per heavy atom. The second kappa shape index (κ2) is 7.45. The fourth-order valence-electron chi connectivity index (χ4n) is 2.87. The van der Waals surface area contributed by atoms with Crippen molar-refractivity contribution in [1.29, 1.82) is 0 Å². The highest BCUT2D eigenvalue weighted by Gasteiger charge is 2.35. The van der Waals surface area contributed by atoms with E-state index in [0.717, 1.165) is 0 Å². The summed E-state index contributed by atoms with van der Waals surface area (Å²) >= 11 is 5.83. The average Bonchev–Trinajstić information content (AvgIpc) is 2.95. The van der Waals surface area contributed by atoms with Gasteiger partial charge in [-0.2, -0.15) is 0 Å². The maximum Gasteiger partial charge on any atom is 0.265 e. The standard InChI is InChI=1S/C18H18ClNO4S/c19-14-6-8-17(9-7-14)24-12-18(21)20(15-4-2-1-3-5-15)16-10-11-25(22,23)13-16/h1-9,16H,10-13H2/t16-/m0/s1. The molecule has 0 aromatic heterocycles. The zero-order valence-corrected chi connectivity index (χ0v) is 15.0. The maximum atomic E-state index is 12.8. The number of nitrogens with zero attached hydrogens (tertiary/aromatic N) is 1. The van der Waals surface area contributed by atoms with Crippen molar-refractivity contribution in [3.8, 4) is 5.75 Å². The summed E-state index contributed by atoms with van der Waals surface area (Å²) in [5.41, 5.74) is 0.675. The molecule has 0 unspecified atom stereocenters. The summed E-state index contributed by atoms with van der Waals surface area (Å²) < 4.78 is 29.2. The molecule has 7 heteroatoms. The zero-order valence-electron chi connectivity index (χ0n) is 13.5. The van der Waals surface area contributed by atoms with E-state index in [1.165, 1.54) is 0 Å². The molecule has 3 rings (SSSR count). The third-order valence-electron chi connectivity index (χ3n) is 4.05. The number of hydrogen-bond donors (Lipinski definition) is 0. The first kappa shape index (κ1) is 17.8. The lowest BCUT2D eigenvalue weighted by atomic mass is 10.2. The SMILES string of the molecule is O=C(COc1ccc(Cl)cc1)N(c1ccccc1)[C@H]1CCS(=O)(=O)C1. The van der Waals surface area contributed by atoms with Crippen molar-refractivity contribution in [2.75, 3.05) is 23.0 Å². The van der Waals surface area contributed by atoms with Crippen LogP contribution < -0.4 is 9.64 Å². The molecular weight excluding hydrogens is 362 g/mol. The van der Waals surface area contributed by atoms with Crippen molar-refractivity contribution in [1.82, 2.24) is 0 Å². The summed E-state index contributed by atoms with van der Waals surface area (Å²) in [6.07, 6.45) is 0.434. The molecule has 25 heavy (non-hydrogen) atoms. The van der Waals surface area contributed by atoms with Crippen molar-refractivity contribution in [3.05, 3.63) is 59.6 Å². The van der Waals surface area contributed by atoms with E-state index >= 15 is 0 Å². The molecule has 1 aliphatic rings. The minimum absolute atomic E-state index is 0.0193. The second-order valence-electron chi connectivity index (χ2n) is 5.90. The van der Waals surface area contributed by atoms with Crippen LogP contribution in [0.25, 0.3) is 0 Å². The normalized spacial score (nSPS) is 18.7. The first-order chi connectivity index (χ1) is 11.9. The van der Waals surface area contributed by atoms with Crippen molar-refractivity contribution in [3.63, 3.8) is 0 Å². The van der Waals surface area contributed by atoms with Crippen LogP contribution >= 0.6 is 11.6 Å². The van der Waals surface area contributed by atoms with Crippen LogP contribution in [0.2, 0.25) is 5.02 Å². The van der Waals surface area contributed by atoms with Crippen LogP contribution in [0.4, 0.5) is 5.69 Å². The lowest BCUT2D eigenvalue weighted by molar-refractivity contribution is -0.121. The second-order valence-corrected chi connectivity index (χ2v) is 8.56.